The summed E-state index contributed by atoms with van der Waals surface area (Å²) in [5.41, 5.74) is 0.421. The van der Waals surface area contributed by atoms with Crippen molar-refractivity contribution in [3.05, 3.63) is 66.6 Å². The van der Waals surface area contributed by atoms with E-state index in [0.29, 0.717) is 10.9 Å². The number of aliphatic hydroxyl groups excluding tert-OH is 1. The Morgan fingerprint density at radius 2 is 1.77 bits per heavy atom. The lowest BCUT2D eigenvalue weighted by Crippen LogP contribution is -2.42. The van der Waals surface area contributed by atoms with Gasteiger partial charge in [-0.2, -0.15) is 5.10 Å². The van der Waals surface area contributed by atoms with E-state index in [-0.39, 0.29) is 24.5 Å². The molecule has 9 nitrogen and oxygen atoms in total. The standard InChI is InChI=1S/C23H23F3N4O5/c1-2-13(29-23(33)12-35-16-7-19(25)17-10-28-30-21(17)8-16)5-14(31)9-27-22(32)11-34-15-3-4-18(24)20(26)6-15/h2-4,6-8,10,13-14,31H,1,5,9,11-12H2,(H,27,32)(H,28,30)(H,29,33)/t13?,14-/m0/s1. The van der Waals surface area contributed by atoms with E-state index >= 15 is 0 Å². The molecule has 0 aliphatic heterocycles. The third-order valence-corrected chi connectivity index (χ3v) is 4.80. The summed E-state index contributed by atoms with van der Waals surface area (Å²) in [6.45, 7) is 2.58. The van der Waals surface area contributed by atoms with Gasteiger partial charge < -0.3 is 25.2 Å². The van der Waals surface area contributed by atoms with E-state index in [0.717, 1.165) is 18.2 Å². The summed E-state index contributed by atoms with van der Waals surface area (Å²) in [5.74, 6) is -3.70. The Bertz CT molecular complexity index is 1200. The SMILES string of the molecule is C=CC(C[C@H](O)CNC(=O)COc1ccc(F)c(F)c1)NC(=O)COc1cc(F)c2cn[nH]c2c1. The molecule has 0 saturated carbocycles. The Labute approximate surface area is 197 Å². The second-order valence-corrected chi connectivity index (χ2v) is 7.49. The lowest BCUT2D eigenvalue weighted by atomic mass is 10.1. The summed E-state index contributed by atoms with van der Waals surface area (Å²) in [6, 6.07) is 4.87. The summed E-state index contributed by atoms with van der Waals surface area (Å²) in [7, 11) is 0. The number of fused-ring (bicyclic) bond motifs is 1. The van der Waals surface area contributed by atoms with Gasteiger partial charge in [-0.05, 0) is 18.6 Å². The first kappa shape index (κ1) is 25.6. The number of aromatic amines is 1. The number of rotatable bonds is 12. The molecular formula is C23H23F3N4O5. The first-order chi connectivity index (χ1) is 16.7. The molecule has 0 aliphatic carbocycles. The Hall–Kier alpha value is -4.06. The minimum Gasteiger partial charge on any atom is -0.484 e. The molecule has 0 saturated heterocycles. The molecule has 0 aliphatic rings. The van der Waals surface area contributed by atoms with Crippen LogP contribution in [0.2, 0.25) is 0 Å². The molecule has 2 aromatic carbocycles. The van der Waals surface area contributed by atoms with Crippen molar-refractivity contribution in [1.82, 2.24) is 20.8 Å². The monoisotopic (exact) mass is 492 g/mol. The van der Waals surface area contributed by atoms with Crippen LogP contribution in [0.4, 0.5) is 13.2 Å². The molecule has 1 heterocycles. The highest BCUT2D eigenvalue weighted by molar-refractivity contribution is 5.81. The minimum absolute atomic E-state index is 0.0246. The zero-order valence-electron chi connectivity index (χ0n) is 18.4. The zero-order chi connectivity index (χ0) is 25.4. The number of amides is 2. The van der Waals surface area contributed by atoms with Gasteiger partial charge in [-0.15, -0.1) is 6.58 Å². The van der Waals surface area contributed by atoms with Gasteiger partial charge in [0.15, 0.2) is 24.8 Å². The number of hydrogen-bond donors (Lipinski definition) is 4. The maximum absolute atomic E-state index is 14.0. The molecule has 3 aromatic rings. The first-order valence-electron chi connectivity index (χ1n) is 10.4. The van der Waals surface area contributed by atoms with E-state index in [1.807, 2.05) is 0 Å². The van der Waals surface area contributed by atoms with Crippen LogP contribution in [0.3, 0.4) is 0 Å². The minimum atomic E-state index is -1.10. The van der Waals surface area contributed by atoms with Crippen LogP contribution in [0.25, 0.3) is 10.9 Å². The predicted molar refractivity (Wildman–Crippen MR) is 119 cm³/mol. The van der Waals surface area contributed by atoms with Crippen LogP contribution in [-0.2, 0) is 9.59 Å². The number of hydrogen-bond acceptors (Lipinski definition) is 6. The van der Waals surface area contributed by atoms with Crippen LogP contribution in [0.5, 0.6) is 11.5 Å². The van der Waals surface area contributed by atoms with Gasteiger partial charge >= 0.3 is 0 Å². The van der Waals surface area contributed by atoms with Crippen LogP contribution in [-0.4, -0.2) is 59.0 Å². The quantitative estimate of drug-likeness (QED) is 0.287. The Kier molecular flexibility index (Phi) is 8.68. The summed E-state index contributed by atoms with van der Waals surface area (Å²) in [4.78, 5) is 24.0. The Morgan fingerprint density at radius 1 is 1.06 bits per heavy atom. The van der Waals surface area contributed by atoms with Crippen molar-refractivity contribution in [2.24, 2.45) is 0 Å². The van der Waals surface area contributed by atoms with E-state index in [9.17, 15) is 27.9 Å². The highest BCUT2D eigenvalue weighted by Crippen LogP contribution is 2.22. The normalized spacial score (nSPS) is 12.6. The molecule has 0 fully saturated rings. The van der Waals surface area contributed by atoms with Gasteiger partial charge in [-0.3, -0.25) is 14.7 Å². The van der Waals surface area contributed by atoms with Crippen molar-refractivity contribution >= 4 is 22.7 Å². The summed E-state index contributed by atoms with van der Waals surface area (Å²) >= 11 is 0. The molecular weight excluding hydrogens is 469 g/mol. The number of ether oxygens (including phenoxy) is 2. The topological polar surface area (TPSA) is 126 Å². The van der Waals surface area contributed by atoms with E-state index in [1.165, 1.54) is 24.4 Å². The third-order valence-electron chi connectivity index (χ3n) is 4.80. The second-order valence-electron chi connectivity index (χ2n) is 7.49. The molecule has 3 rings (SSSR count). The van der Waals surface area contributed by atoms with Gasteiger partial charge in [0, 0.05) is 30.8 Å². The maximum atomic E-state index is 14.0. The Morgan fingerprint density at radius 3 is 2.51 bits per heavy atom. The van der Waals surface area contributed by atoms with Gasteiger partial charge in [0.05, 0.1) is 23.2 Å². The van der Waals surface area contributed by atoms with Crippen LogP contribution in [0.1, 0.15) is 6.42 Å². The number of nitrogens with one attached hydrogen (secondary N) is 3. The fourth-order valence-corrected chi connectivity index (χ4v) is 3.05. The number of halogens is 3. The average molecular weight is 492 g/mol. The van der Waals surface area contributed by atoms with Crippen molar-refractivity contribution in [3.63, 3.8) is 0 Å². The summed E-state index contributed by atoms with van der Waals surface area (Å²) in [6.07, 6.45) is 1.74. The molecule has 0 radical (unpaired) electrons. The molecule has 2 amide bonds. The molecule has 1 unspecified atom stereocenters. The molecule has 186 valence electrons. The average Bonchev–Trinajstić information content (AvgIpc) is 3.31. The fraction of sp³-hybridized carbons (Fsp3) is 0.261. The van der Waals surface area contributed by atoms with Crippen LogP contribution >= 0.6 is 0 Å². The molecule has 0 spiro atoms. The fourth-order valence-electron chi connectivity index (χ4n) is 3.05. The van der Waals surface area contributed by atoms with Crippen molar-refractivity contribution in [1.29, 1.82) is 0 Å². The number of aliphatic hydroxyl groups is 1. The zero-order valence-corrected chi connectivity index (χ0v) is 18.4. The van der Waals surface area contributed by atoms with Crippen molar-refractivity contribution < 1.29 is 37.3 Å². The smallest absolute Gasteiger partial charge is 0.258 e. The number of H-pyrrole nitrogens is 1. The van der Waals surface area contributed by atoms with Gasteiger partial charge in [-0.25, -0.2) is 13.2 Å². The third kappa shape index (κ3) is 7.47. The van der Waals surface area contributed by atoms with Crippen LogP contribution in [0.15, 0.2) is 49.2 Å². The molecule has 12 heteroatoms. The number of carbonyl (C=O) groups is 2. The van der Waals surface area contributed by atoms with E-state index in [1.54, 1.807) is 0 Å². The van der Waals surface area contributed by atoms with Crippen molar-refractivity contribution in [2.75, 3.05) is 19.8 Å². The lowest BCUT2D eigenvalue weighted by molar-refractivity contribution is -0.124. The van der Waals surface area contributed by atoms with Crippen molar-refractivity contribution in [3.8, 4) is 11.5 Å². The maximum Gasteiger partial charge on any atom is 0.258 e. The van der Waals surface area contributed by atoms with E-state index in [2.05, 4.69) is 27.4 Å². The predicted octanol–water partition coefficient (Wildman–Crippen LogP) is 1.98. The number of aromatic nitrogens is 2. The lowest BCUT2D eigenvalue weighted by Gasteiger charge is -2.19. The van der Waals surface area contributed by atoms with E-state index < -0.39 is 54.6 Å². The summed E-state index contributed by atoms with van der Waals surface area (Å²) < 4.78 is 50.4. The first-order valence-corrected chi connectivity index (χ1v) is 10.4. The number of carbonyl (C=O) groups excluding carboxylic acids is 2. The molecule has 4 N–H and O–H groups in total. The van der Waals surface area contributed by atoms with E-state index in [4.69, 9.17) is 9.47 Å². The number of nitrogens with zero attached hydrogens (tertiary/aromatic N) is 1. The number of benzene rings is 2. The van der Waals surface area contributed by atoms with Gasteiger partial charge in [0.1, 0.15) is 17.3 Å². The molecule has 1 aromatic heterocycles. The van der Waals surface area contributed by atoms with Crippen LogP contribution in [0, 0.1) is 17.5 Å². The molecule has 2 atom stereocenters. The Balaban J connectivity index is 1.38. The largest absolute Gasteiger partial charge is 0.484 e. The van der Waals surface area contributed by atoms with Gasteiger partial charge in [0.25, 0.3) is 11.8 Å². The molecule has 35 heavy (non-hydrogen) atoms. The second kappa shape index (κ2) is 11.9. The summed E-state index contributed by atoms with van der Waals surface area (Å²) in [5, 5.41) is 21.8. The highest BCUT2D eigenvalue weighted by atomic mass is 19.2. The molecule has 0 bridgehead atoms. The van der Waals surface area contributed by atoms with Gasteiger partial charge in [-0.1, -0.05) is 6.08 Å². The van der Waals surface area contributed by atoms with Gasteiger partial charge in [0.2, 0.25) is 0 Å². The highest BCUT2D eigenvalue weighted by Gasteiger charge is 2.16. The van der Waals surface area contributed by atoms with Crippen LogP contribution < -0.4 is 20.1 Å². The van der Waals surface area contributed by atoms with Crippen molar-refractivity contribution in [2.45, 2.75) is 18.6 Å².